The molecule has 0 radical (unpaired) electrons. The Bertz CT molecular complexity index is 380. The molecule has 1 heterocycles. The van der Waals surface area contributed by atoms with Crippen LogP contribution in [0.15, 0.2) is 5.18 Å². The van der Waals surface area contributed by atoms with Gasteiger partial charge in [0.15, 0.2) is 0 Å². The molecule has 0 aromatic carbocycles. The number of likely N-dealkylation sites (N-methyl/N-ethyl adjacent to an activating group) is 2. The highest BCUT2D eigenvalue weighted by Crippen LogP contribution is 2.10. The molecule has 1 unspecified atom stereocenters. The second-order valence-electron chi connectivity index (χ2n) is 4.27. The van der Waals surface area contributed by atoms with Crippen LogP contribution in [0.3, 0.4) is 0 Å². The van der Waals surface area contributed by atoms with E-state index in [0.717, 1.165) is 24.2 Å². The smallest absolute Gasteiger partial charge is 0.275 e. The number of amides is 3. The first-order valence-electron chi connectivity index (χ1n) is 6.03. The number of hydrogen-bond donors (Lipinski definition) is 1. The standard InChI is InChI=1S/C11H18N4O3/c1-4-5-6-7-12-9-8(13-18)10(16)15(3)11(17)14(9)2/h8H,4-7H2,1-3H3/p+1. The normalized spacial score (nSPS) is 22.8. The molecule has 0 aromatic heterocycles. The molecule has 1 aliphatic heterocycles. The number of amidine groups is 1. The Hall–Kier alpha value is -1.79. The number of urea groups is 1. The van der Waals surface area contributed by atoms with E-state index in [9.17, 15) is 14.5 Å². The molecule has 0 bridgehead atoms. The number of hydrogen-bond acceptors (Lipinski definition) is 4. The number of nitrogens with one attached hydrogen (secondary N) is 1. The lowest BCUT2D eigenvalue weighted by atomic mass is 10.2. The topological polar surface area (TPSA) is 84.0 Å². The van der Waals surface area contributed by atoms with E-state index in [0.29, 0.717) is 6.54 Å². The van der Waals surface area contributed by atoms with Gasteiger partial charge in [0.25, 0.3) is 17.8 Å². The van der Waals surface area contributed by atoms with Crippen LogP contribution in [-0.2, 0) is 4.79 Å². The maximum Gasteiger partial charge on any atom is 0.417 e. The third-order valence-corrected chi connectivity index (χ3v) is 2.95. The van der Waals surface area contributed by atoms with Gasteiger partial charge in [-0.15, -0.1) is 4.91 Å². The van der Waals surface area contributed by atoms with Crippen molar-refractivity contribution in [3.05, 3.63) is 4.91 Å². The maximum absolute atomic E-state index is 11.7. The first-order chi connectivity index (χ1) is 8.54. The number of rotatable bonds is 5. The maximum atomic E-state index is 11.7. The fraction of sp³-hybridized carbons (Fsp3) is 0.727. The molecule has 0 aliphatic carbocycles. The van der Waals surface area contributed by atoms with Gasteiger partial charge in [-0.2, -0.15) is 4.90 Å². The number of carbonyl (C=O) groups excluding carboxylic acids is 2. The summed E-state index contributed by atoms with van der Waals surface area (Å²) in [6.07, 6.45) is 3.03. The zero-order valence-electron chi connectivity index (χ0n) is 11.0. The Balaban J connectivity index is 2.87. The third kappa shape index (κ3) is 2.72. The molecule has 18 heavy (non-hydrogen) atoms. The van der Waals surface area contributed by atoms with E-state index < -0.39 is 18.0 Å². The lowest BCUT2D eigenvalue weighted by Gasteiger charge is -2.26. The largest absolute Gasteiger partial charge is 0.417 e. The highest BCUT2D eigenvalue weighted by Gasteiger charge is 2.47. The van der Waals surface area contributed by atoms with Gasteiger partial charge in [-0.05, 0) is 18.0 Å². The lowest BCUT2D eigenvalue weighted by Crippen LogP contribution is -2.82. The summed E-state index contributed by atoms with van der Waals surface area (Å²) in [5.41, 5.74) is 0. The molecule has 0 spiro atoms. The fourth-order valence-corrected chi connectivity index (χ4v) is 1.81. The molecular formula is C11H19N4O3+. The summed E-state index contributed by atoms with van der Waals surface area (Å²) < 4.78 is 0. The molecular weight excluding hydrogens is 236 g/mol. The number of nitrogens with zero attached hydrogens (tertiary/aromatic N) is 3. The summed E-state index contributed by atoms with van der Waals surface area (Å²) in [5, 5.41) is 2.81. The van der Waals surface area contributed by atoms with Crippen molar-refractivity contribution in [2.75, 3.05) is 20.6 Å². The summed E-state index contributed by atoms with van der Waals surface area (Å²) in [6, 6.07) is -1.61. The first kappa shape index (κ1) is 14.3. The van der Waals surface area contributed by atoms with Crippen molar-refractivity contribution in [2.45, 2.75) is 32.2 Å². The monoisotopic (exact) mass is 255 g/mol. The Morgan fingerprint density at radius 2 is 1.89 bits per heavy atom. The molecule has 7 heteroatoms. The Morgan fingerprint density at radius 1 is 1.22 bits per heavy atom. The summed E-state index contributed by atoms with van der Waals surface area (Å²) in [4.78, 5) is 39.4. The molecule has 1 N–H and O–H groups in total. The van der Waals surface area contributed by atoms with E-state index in [1.165, 1.54) is 19.0 Å². The van der Waals surface area contributed by atoms with Crippen LogP contribution in [-0.4, -0.2) is 54.3 Å². The predicted molar refractivity (Wildman–Crippen MR) is 65.9 cm³/mol. The van der Waals surface area contributed by atoms with E-state index >= 15 is 0 Å². The van der Waals surface area contributed by atoms with E-state index in [2.05, 4.69) is 17.1 Å². The zero-order chi connectivity index (χ0) is 13.7. The van der Waals surface area contributed by atoms with Gasteiger partial charge in [-0.25, -0.2) is 9.69 Å². The van der Waals surface area contributed by atoms with Crippen LogP contribution in [0.2, 0.25) is 0 Å². The number of imide groups is 1. The minimum absolute atomic E-state index is 0.272. The van der Waals surface area contributed by atoms with Crippen molar-refractivity contribution >= 4 is 17.8 Å². The fourth-order valence-electron chi connectivity index (χ4n) is 1.81. The van der Waals surface area contributed by atoms with Crippen molar-refractivity contribution in [1.82, 2.24) is 9.80 Å². The Kier molecular flexibility index (Phi) is 4.94. The van der Waals surface area contributed by atoms with Gasteiger partial charge in [0.2, 0.25) is 0 Å². The summed E-state index contributed by atoms with van der Waals surface area (Å²) >= 11 is 0. The number of carbonyl (C=O) groups is 2. The highest BCUT2D eigenvalue weighted by atomic mass is 16.3. The molecule has 1 aliphatic rings. The van der Waals surface area contributed by atoms with Gasteiger partial charge < -0.3 is 0 Å². The van der Waals surface area contributed by atoms with Crippen LogP contribution in [0, 0.1) is 4.91 Å². The van der Waals surface area contributed by atoms with Crippen molar-refractivity contribution in [2.24, 2.45) is 5.18 Å². The van der Waals surface area contributed by atoms with Gasteiger partial charge in [0, 0.05) is 7.05 Å². The van der Waals surface area contributed by atoms with Crippen LogP contribution in [0.4, 0.5) is 4.79 Å². The van der Waals surface area contributed by atoms with Crippen molar-refractivity contribution in [3.63, 3.8) is 0 Å². The van der Waals surface area contributed by atoms with Crippen LogP contribution in [0.5, 0.6) is 0 Å². The molecule has 1 rings (SSSR count). The van der Waals surface area contributed by atoms with Crippen molar-refractivity contribution in [3.8, 4) is 0 Å². The van der Waals surface area contributed by atoms with Gasteiger partial charge in [-0.1, -0.05) is 13.3 Å². The van der Waals surface area contributed by atoms with Gasteiger partial charge >= 0.3 is 6.03 Å². The van der Waals surface area contributed by atoms with Crippen molar-refractivity contribution < 1.29 is 14.6 Å². The van der Waals surface area contributed by atoms with E-state index in [1.807, 2.05) is 0 Å². The molecule has 1 fully saturated rings. The van der Waals surface area contributed by atoms with Crippen molar-refractivity contribution in [1.29, 1.82) is 0 Å². The predicted octanol–water partition coefficient (Wildman–Crippen LogP) is -0.685. The van der Waals surface area contributed by atoms with Gasteiger partial charge in [0.1, 0.15) is 0 Å². The summed E-state index contributed by atoms with van der Waals surface area (Å²) in [7, 11) is 2.86. The van der Waals surface area contributed by atoms with Crippen LogP contribution in [0.25, 0.3) is 0 Å². The molecule has 0 saturated carbocycles. The number of unbranched alkanes of at least 4 members (excludes halogenated alkanes) is 2. The lowest BCUT2D eigenvalue weighted by molar-refractivity contribution is -0.464. The zero-order valence-corrected chi connectivity index (χ0v) is 11.0. The Morgan fingerprint density at radius 3 is 2.44 bits per heavy atom. The molecule has 100 valence electrons. The molecule has 1 saturated heterocycles. The van der Waals surface area contributed by atoms with Crippen LogP contribution >= 0.6 is 0 Å². The second kappa shape index (κ2) is 6.23. The first-order valence-corrected chi connectivity index (χ1v) is 6.03. The van der Waals surface area contributed by atoms with E-state index in [4.69, 9.17) is 0 Å². The molecule has 7 nitrogen and oxygen atoms in total. The minimum atomic E-state index is -1.15. The summed E-state index contributed by atoms with van der Waals surface area (Å²) in [6.45, 7) is 2.70. The SMILES string of the molecule is CCCCC[NH+]=C1C(N=O)C(=O)N(C)C(=O)N1C. The molecule has 3 amide bonds. The average Bonchev–Trinajstić information content (AvgIpc) is 2.38. The third-order valence-electron chi connectivity index (χ3n) is 2.95. The quantitative estimate of drug-likeness (QED) is 0.521. The summed E-state index contributed by atoms with van der Waals surface area (Å²) in [5.74, 6) is -0.319. The average molecular weight is 255 g/mol. The van der Waals surface area contributed by atoms with Crippen LogP contribution < -0.4 is 4.99 Å². The van der Waals surface area contributed by atoms with E-state index in [1.54, 1.807) is 0 Å². The number of nitroso groups, excluding NO2 is 1. The molecule has 1 atom stereocenters. The minimum Gasteiger partial charge on any atom is -0.275 e. The molecule has 0 aromatic rings. The Labute approximate surface area is 106 Å². The second-order valence-corrected chi connectivity index (χ2v) is 4.27. The van der Waals surface area contributed by atoms with Gasteiger partial charge in [0.05, 0.1) is 13.6 Å². The van der Waals surface area contributed by atoms with Gasteiger partial charge in [-0.3, -0.25) is 9.79 Å². The van der Waals surface area contributed by atoms with E-state index in [-0.39, 0.29) is 5.84 Å². The highest BCUT2D eigenvalue weighted by molar-refractivity contribution is 6.18. The van der Waals surface area contributed by atoms with Crippen LogP contribution in [0.1, 0.15) is 26.2 Å².